The first-order chi connectivity index (χ1) is 15.9. The predicted molar refractivity (Wildman–Crippen MR) is 128 cm³/mol. The SMILES string of the molecule is NS(=O)(=O)c1cccc(NC(=O)CN2CCCC(CN3CCN(c4ccccn4)CC3)C2)c1. The van der Waals surface area contributed by atoms with E-state index in [4.69, 9.17) is 5.14 Å². The molecule has 0 bridgehead atoms. The van der Waals surface area contributed by atoms with Gasteiger partial charge in [-0.25, -0.2) is 18.5 Å². The van der Waals surface area contributed by atoms with E-state index >= 15 is 0 Å². The molecule has 3 N–H and O–H groups in total. The molecular formula is C23H32N6O3S. The zero-order valence-corrected chi connectivity index (χ0v) is 19.6. The average Bonchev–Trinajstić information content (AvgIpc) is 2.80. The van der Waals surface area contributed by atoms with Gasteiger partial charge in [-0.05, 0) is 55.6 Å². The number of nitrogens with zero attached hydrogens (tertiary/aromatic N) is 4. The number of likely N-dealkylation sites (tertiary alicyclic amines) is 1. The maximum Gasteiger partial charge on any atom is 0.238 e. The highest BCUT2D eigenvalue weighted by atomic mass is 32.2. The van der Waals surface area contributed by atoms with Gasteiger partial charge in [0.2, 0.25) is 15.9 Å². The van der Waals surface area contributed by atoms with Crippen molar-refractivity contribution in [2.75, 3.05) is 62.6 Å². The average molecular weight is 473 g/mol. The number of hydrogen-bond donors (Lipinski definition) is 2. The Labute approximate surface area is 195 Å². The van der Waals surface area contributed by atoms with Crippen LogP contribution in [0.3, 0.4) is 0 Å². The first kappa shape index (κ1) is 23.6. The molecule has 1 atom stereocenters. The van der Waals surface area contributed by atoms with E-state index in [1.807, 2.05) is 18.3 Å². The van der Waals surface area contributed by atoms with Gasteiger partial charge in [0, 0.05) is 51.2 Å². The Morgan fingerprint density at radius 1 is 1.06 bits per heavy atom. The molecule has 1 aromatic heterocycles. The van der Waals surface area contributed by atoms with E-state index in [1.165, 1.54) is 18.6 Å². The molecule has 4 rings (SSSR count). The number of primary sulfonamides is 1. The summed E-state index contributed by atoms with van der Waals surface area (Å²) in [4.78, 5) is 24.0. The van der Waals surface area contributed by atoms with Crippen LogP contribution in [0.1, 0.15) is 12.8 Å². The third-order valence-electron chi connectivity index (χ3n) is 6.28. The summed E-state index contributed by atoms with van der Waals surface area (Å²) in [6.07, 6.45) is 4.09. The number of piperidine rings is 1. The number of nitrogens with two attached hydrogens (primary N) is 1. The van der Waals surface area contributed by atoms with Gasteiger partial charge < -0.3 is 10.2 Å². The van der Waals surface area contributed by atoms with Gasteiger partial charge in [0.05, 0.1) is 11.4 Å². The van der Waals surface area contributed by atoms with Crippen LogP contribution in [0.4, 0.5) is 11.5 Å². The Kier molecular flexibility index (Phi) is 7.59. The number of aromatic nitrogens is 1. The van der Waals surface area contributed by atoms with Gasteiger partial charge in [-0.2, -0.15) is 0 Å². The number of amides is 1. The second kappa shape index (κ2) is 10.6. The summed E-state index contributed by atoms with van der Waals surface area (Å²) in [6.45, 7) is 7.14. The number of sulfonamides is 1. The minimum atomic E-state index is -3.80. The summed E-state index contributed by atoms with van der Waals surface area (Å²) in [6, 6.07) is 12.1. The standard InChI is InChI=1S/C23H32N6O3S/c24-33(31,32)21-7-3-6-20(15-21)26-23(30)18-28-10-4-5-19(17-28)16-27-11-13-29(14-12-27)22-8-1-2-9-25-22/h1-3,6-9,15,19H,4-5,10-14,16-18H2,(H,26,30)(H2,24,31,32). The summed E-state index contributed by atoms with van der Waals surface area (Å²) in [7, 11) is -3.80. The monoisotopic (exact) mass is 472 g/mol. The lowest BCUT2D eigenvalue weighted by Gasteiger charge is -2.39. The maximum atomic E-state index is 12.6. The van der Waals surface area contributed by atoms with Gasteiger partial charge in [0.1, 0.15) is 5.82 Å². The summed E-state index contributed by atoms with van der Waals surface area (Å²) in [5.41, 5.74) is 0.436. The van der Waals surface area contributed by atoms with E-state index in [0.717, 1.165) is 58.1 Å². The van der Waals surface area contributed by atoms with E-state index in [-0.39, 0.29) is 10.8 Å². The Morgan fingerprint density at radius 3 is 2.61 bits per heavy atom. The predicted octanol–water partition coefficient (Wildman–Crippen LogP) is 1.20. The van der Waals surface area contributed by atoms with Crippen molar-refractivity contribution in [1.29, 1.82) is 0 Å². The van der Waals surface area contributed by atoms with E-state index in [0.29, 0.717) is 18.2 Å². The number of rotatable bonds is 7. The molecule has 3 heterocycles. The number of piperazine rings is 1. The van der Waals surface area contributed by atoms with Crippen molar-refractivity contribution in [1.82, 2.24) is 14.8 Å². The molecule has 178 valence electrons. The van der Waals surface area contributed by atoms with Gasteiger partial charge in [0.25, 0.3) is 0 Å². The molecule has 2 aliphatic heterocycles. The fraction of sp³-hybridized carbons (Fsp3) is 0.478. The van der Waals surface area contributed by atoms with Gasteiger partial charge in [-0.1, -0.05) is 12.1 Å². The molecular weight excluding hydrogens is 440 g/mol. The van der Waals surface area contributed by atoms with Crippen molar-refractivity contribution in [3.05, 3.63) is 48.7 Å². The van der Waals surface area contributed by atoms with Gasteiger partial charge >= 0.3 is 0 Å². The smallest absolute Gasteiger partial charge is 0.238 e. The highest BCUT2D eigenvalue weighted by molar-refractivity contribution is 7.89. The van der Waals surface area contributed by atoms with Crippen LogP contribution >= 0.6 is 0 Å². The zero-order chi connectivity index (χ0) is 23.3. The number of benzene rings is 1. The fourth-order valence-electron chi connectivity index (χ4n) is 4.66. The molecule has 1 unspecified atom stereocenters. The van der Waals surface area contributed by atoms with Crippen LogP contribution in [0.15, 0.2) is 53.6 Å². The number of hydrogen-bond acceptors (Lipinski definition) is 7. The lowest BCUT2D eigenvalue weighted by Crippen LogP contribution is -2.50. The van der Waals surface area contributed by atoms with Crippen LogP contribution in [-0.2, 0) is 14.8 Å². The Bertz CT molecular complexity index is 1040. The fourth-order valence-corrected chi connectivity index (χ4v) is 5.22. The number of pyridine rings is 1. The number of anilines is 2. The molecule has 1 amide bonds. The van der Waals surface area contributed by atoms with Gasteiger partial charge in [-0.15, -0.1) is 0 Å². The number of carbonyl (C=O) groups excluding carboxylic acids is 1. The van der Waals surface area contributed by atoms with Crippen LogP contribution < -0.4 is 15.4 Å². The molecule has 0 radical (unpaired) electrons. The van der Waals surface area contributed by atoms with Crippen molar-refractivity contribution in [2.24, 2.45) is 11.1 Å². The summed E-state index contributed by atoms with van der Waals surface area (Å²) < 4.78 is 23.0. The highest BCUT2D eigenvalue weighted by Crippen LogP contribution is 2.20. The Morgan fingerprint density at radius 2 is 1.88 bits per heavy atom. The molecule has 9 nitrogen and oxygen atoms in total. The minimum Gasteiger partial charge on any atom is -0.354 e. The lowest BCUT2D eigenvalue weighted by atomic mass is 9.97. The second-order valence-corrected chi connectivity index (χ2v) is 10.4. The van der Waals surface area contributed by atoms with Gasteiger partial charge in [0.15, 0.2) is 0 Å². The first-order valence-electron chi connectivity index (χ1n) is 11.4. The molecule has 2 aromatic rings. The van der Waals surface area contributed by atoms with Crippen molar-refractivity contribution in [2.45, 2.75) is 17.7 Å². The molecule has 10 heteroatoms. The largest absolute Gasteiger partial charge is 0.354 e. The summed E-state index contributed by atoms with van der Waals surface area (Å²) in [5.74, 6) is 1.44. The van der Waals surface area contributed by atoms with Crippen molar-refractivity contribution in [3.8, 4) is 0 Å². The maximum absolute atomic E-state index is 12.6. The van der Waals surface area contributed by atoms with Crippen LogP contribution in [-0.4, -0.2) is 81.5 Å². The van der Waals surface area contributed by atoms with Crippen LogP contribution in [0.5, 0.6) is 0 Å². The molecule has 2 aliphatic rings. The van der Waals surface area contributed by atoms with Crippen molar-refractivity contribution < 1.29 is 13.2 Å². The molecule has 0 spiro atoms. The van der Waals surface area contributed by atoms with E-state index in [1.54, 1.807) is 12.1 Å². The zero-order valence-electron chi connectivity index (χ0n) is 18.8. The summed E-state index contributed by atoms with van der Waals surface area (Å²) in [5, 5.41) is 7.97. The third kappa shape index (κ3) is 6.73. The minimum absolute atomic E-state index is 0.0125. The van der Waals surface area contributed by atoms with Crippen molar-refractivity contribution >= 4 is 27.4 Å². The molecule has 2 saturated heterocycles. The van der Waals surface area contributed by atoms with E-state index < -0.39 is 10.0 Å². The van der Waals surface area contributed by atoms with Crippen LogP contribution in [0.25, 0.3) is 0 Å². The van der Waals surface area contributed by atoms with Crippen molar-refractivity contribution in [3.63, 3.8) is 0 Å². The first-order valence-corrected chi connectivity index (χ1v) is 12.9. The quantitative estimate of drug-likeness (QED) is 0.623. The van der Waals surface area contributed by atoms with E-state index in [2.05, 4.69) is 31.1 Å². The second-order valence-electron chi connectivity index (χ2n) is 8.84. The molecule has 0 saturated carbocycles. The number of carbonyl (C=O) groups is 1. The third-order valence-corrected chi connectivity index (χ3v) is 7.19. The van der Waals surface area contributed by atoms with Crippen LogP contribution in [0.2, 0.25) is 0 Å². The topological polar surface area (TPSA) is 112 Å². The molecule has 1 aromatic carbocycles. The molecule has 2 fully saturated rings. The molecule has 0 aliphatic carbocycles. The van der Waals surface area contributed by atoms with Crippen LogP contribution in [0, 0.1) is 5.92 Å². The molecule has 33 heavy (non-hydrogen) atoms. The Hall–Kier alpha value is -2.53. The number of nitrogens with one attached hydrogen (secondary N) is 1. The lowest BCUT2D eigenvalue weighted by molar-refractivity contribution is -0.117. The Balaban J connectivity index is 1.23. The normalized spacial score (nSPS) is 20.5. The summed E-state index contributed by atoms with van der Waals surface area (Å²) >= 11 is 0. The van der Waals surface area contributed by atoms with Gasteiger partial charge in [-0.3, -0.25) is 14.6 Å². The van der Waals surface area contributed by atoms with E-state index in [9.17, 15) is 13.2 Å². The highest BCUT2D eigenvalue weighted by Gasteiger charge is 2.25.